The Morgan fingerprint density at radius 2 is 1.82 bits per heavy atom. The molecule has 0 saturated carbocycles. The number of benzene rings is 1. The van der Waals surface area contributed by atoms with E-state index >= 15 is 0 Å². The van der Waals surface area contributed by atoms with Crippen LogP contribution in [0.5, 0.6) is 0 Å². The molecule has 90 valence electrons. The summed E-state index contributed by atoms with van der Waals surface area (Å²) in [6.07, 6.45) is -3.08. The van der Waals surface area contributed by atoms with Crippen molar-refractivity contribution in [3.05, 3.63) is 47.3 Å². The first-order chi connectivity index (χ1) is 7.88. The number of rotatable bonds is 1. The maximum atomic E-state index is 12.4. The van der Waals surface area contributed by atoms with Crippen LogP contribution in [0.3, 0.4) is 0 Å². The standard InChI is InChI=1S/C12H11F3N2/c1-8-3-4-9(2)10(7-8)17-6-5-11(16-17)12(13,14)15/h3-7H,1-2H3. The Bertz CT molecular complexity index is 541. The number of halogens is 3. The Hall–Kier alpha value is -1.78. The number of hydrogen-bond donors (Lipinski definition) is 0. The van der Waals surface area contributed by atoms with E-state index in [0.717, 1.165) is 17.2 Å². The van der Waals surface area contributed by atoms with Crippen LogP contribution in [-0.4, -0.2) is 9.78 Å². The highest BCUT2D eigenvalue weighted by Gasteiger charge is 2.33. The molecule has 2 rings (SSSR count). The van der Waals surface area contributed by atoms with Crippen LogP contribution in [0.2, 0.25) is 0 Å². The number of alkyl halides is 3. The highest BCUT2D eigenvalue weighted by Crippen LogP contribution is 2.28. The van der Waals surface area contributed by atoms with Crippen molar-refractivity contribution in [2.75, 3.05) is 0 Å². The van der Waals surface area contributed by atoms with Gasteiger partial charge in [0.2, 0.25) is 0 Å². The zero-order chi connectivity index (χ0) is 12.6. The predicted molar refractivity (Wildman–Crippen MR) is 58.0 cm³/mol. The van der Waals surface area contributed by atoms with E-state index in [-0.39, 0.29) is 0 Å². The highest BCUT2D eigenvalue weighted by atomic mass is 19.4. The van der Waals surface area contributed by atoms with Gasteiger partial charge in [-0.1, -0.05) is 12.1 Å². The lowest BCUT2D eigenvalue weighted by molar-refractivity contribution is -0.141. The van der Waals surface area contributed by atoms with E-state index in [1.807, 2.05) is 32.0 Å². The molecule has 5 heteroatoms. The summed E-state index contributed by atoms with van der Waals surface area (Å²) in [7, 11) is 0. The Kier molecular flexibility index (Phi) is 2.69. The fraction of sp³-hybridized carbons (Fsp3) is 0.250. The third-order valence-corrected chi connectivity index (χ3v) is 2.49. The van der Waals surface area contributed by atoms with Gasteiger partial charge < -0.3 is 0 Å². The number of aryl methyl sites for hydroxylation is 2. The molecule has 17 heavy (non-hydrogen) atoms. The molecule has 0 amide bonds. The van der Waals surface area contributed by atoms with Gasteiger partial charge in [0.1, 0.15) is 0 Å². The van der Waals surface area contributed by atoms with Crippen LogP contribution in [0.25, 0.3) is 5.69 Å². The van der Waals surface area contributed by atoms with Crippen LogP contribution >= 0.6 is 0 Å². The molecule has 1 aromatic carbocycles. The normalized spacial score (nSPS) is 11.8. The minimum absolute atomic E-state index is 0.667. The molecule has 0 aliphatic carbocycles. The predicted octanol–water partition coefficient (Wildman–Crippen LogP) is 3.51. The van der Waals surface area contributed by atoms with Crippen molar-refractivity contribution < 1.29 is 13.2 Å². The molecule has 0 aliphatic rings. The van der Waals surface area contributed by atoms with Crippen molar-refractivity contribution in [3.8, 4) is 5.69 Å². The van der Waals surface area contributed by atoms with Gasteiger partial charge in [0.15, 0.2) is 5.69 Å². The Morgan fingerprint density at radius 3 is 2.41 bits per heavy atom. The molecule has 0 atom stereocenters. The SMILES string of the molecule is Cc1ccc(C)c(-n2ccc(C(F)(F)F)n2)c1. The van der Waals surface area contributed by atoms with Crippen LogP contribution in [0.15, 0.2) is 30.5 Å². The molecule has 0 radical (unpaired) electrons. The van der Waals surface area contributed by atoms with Crippen LogP contribution in [0.1, 0.15) is 16.8 Å². The van der Waals surface area contributed by atoms with Gasteiger partial charge >= 0.3 is 6.18 Å². The lowest BCUT2D eigenvalue weighted by Crippen LogP contribution is -2.07. The van der Waals surface area contributed by atoms with E-state index in [0.29, 0.717) is 5.69 Å². The van der Waals surface area contributed by atoms with Crippen LogP contribution in [0.4, 0.5) is 13.2 Å². The summed E-state index contributed by atoms with van der Waals surface area (Å²) in [5.41, 5.74) is 1.65. The maximum Gasteiger partial charge on any atom is 0.435 e. The summed E-state index contributed by atoms with van der Waals surface area (Å²) in [6.45, 7) is 3.72. The van der Waals surface area contributed by atoms with E-state index in [1.54, 1.807) is 0 Å². The van der Waals surface area contributed by atoms with Crippen LogP contribution < -0.4 is 0 Å². The number of aromatic nitrogens is 2. The molecular formula is C12H11F3N2. The van der Waals surface area contributed by atoms with Crippen LogP contribution in [-0.2, 0) is 6.18 Å². The van der Waals surface area contributed by atoms with E-state index in [4.69, 9.17) is 0 Å². The fourth-order valence-corrected chi connectivity index (χ4v) is 1.58. The first-order valence-electron chi connectivity index (χ1n) is 5.08. The third-order valence-electron chi connectivity index (χ3n) is 2.49. The Morgan fingerprint density at radius 1 is 1.12 bits per heavy atom. The number of hydrogen-bond acceptors (Lipinski definition) is 1. The van der Waals surface area contributed by atoms with Crippen molar-refractivity contribution in [1.82, 2.24) is 9.78 Å². The largest absolute Gasteiger partial charge is 0.435 e. The summed E-state index contributed by atoms with van der Waals surface area (Å²) in [6, 6.07) is 6.55. The van der Waals surface area contributed by atoms with Gasteiger partial charge in [-0.25, -0.2) is 4.68 Å². The lowest BCUT2D eigenvalue weighted by Gasteiger charge is -2.07. The molecule has 0 fully saturated rings. The topological polar surface area (TPSA) is 17.8 Å². The second-order valence-electron chi connectivity index (χ2n) is 3.93. The van der Waals surface area contributed by atoms with Gasteiger partial charge in [0.25, 0.3) is 0 Å². The maximum absolute atomic E-state index is 12.4. The number of nitrogens with zero attached hydrogens (tertiary/aromatic N) is 2. The summed E-state index contributed by atoms with van der Waals surface area (Å²) in [4.78, 5) is 0. The van der Waals surface area contributed by atoms with Crippen LogP contribution in [0, 0.1) is 13.8 Å². The van der Waals surface area contributed by atoms with Gasteiger partial charge in [-0.15, -0.1) is 0 Å². The quantitative estimate of drug-likeness (QED) is 0.745. The summed E-state index contributed by atoms with van der Waals surface area (Å²) >= 11 is 0. The van der Waals surface area contributed by atoms with Gasteiger partial charge in [0, 0.05) is 6.20 Å². The average Bonchev–Trinajstić information content (AvgIpc) is 2.70. The molecule has 0 bridgehead atoms. The molecule has 0 unspecified atom stereocenters. The molecule has 1 aromatic heterocycles. The third kappa shape index (κ3) is 2.33. The van der Waals surface area contributed by atoms with Crippen molar-refractivity contribution >= 4 is 0 Å². The first-order valence-corrected chi connectivity index (χ1v) is 5.08. The van der Waals surface area contributed by atoms with Gasteiger partial charge in [0.05, 0.1) is 5.69 Å². The van der Waals surface area contributed by atoms with Crippen molar-refractivity contribution in [3.63, 3.8) is 0 Å². The molecule has 2 nitrogen and oxygen atoms in total. The fourth-order valence-electron chi connectivity index (χ4n) is 1.58. The summed E-state index contributed by atoms with van der Waals surface area (Å²) in [5, 5.41) is 3.55. The molecule has 1 heterocycles. The lowest BCUT2D eigenvalue weighted by atomic mass is 10.1. The minimum Gasteiger partial charge on any atom is -0.240 e. The molecule has 0 spiro atoms. The van der Waals surface area contributed by atoms with Gasteiger partial charge in [-0.05, 0) is 37.1 Å². The van der Waals surface area contributed by atoms with Crippen molar-refractivity contribution in [1.29, 1.82) is 0 Å². The van der Waals surface area contributed by atoms with E-state index in [1.165, 1.54) is 10.9 Å². The second kappa shape index (κ2) is 3.91. The van der Waals surface area contributed by atoms with Crippen molar-refractivity contribution in [2.24, 2.45) is 0 Å². The molecular weight excluding hydrogens is 229 g/mol. The Labute approximate surface area is 96.7 Å². The smallest absolute Gasteiger partial charge is 0.240 e. The van der Waals surface area contributed by atoms with E-state index in [9.17, 15) is 13.2 Å². The zero-order valence-electron chi connectivity index (χ0n) is 9.42. The Balaban J connectivity index is 2.47. The molecule has 2 aromatic rings. The van der Waals surface area contributed by atoms with E-state index < -0.39 is 11.9 Å². The molecule has 0 N–H and O–H groups in total. The summed E-state index contributed by atoms with van der Waals surface area (Å²) < 4.78 is 38.5. The molecule has 0 saturated heterocycles. The molecule has 0 aliphatic heterocycles. The van der Waals surface area contributed by atoms with E-state index in [2.05, 4.69) is 5.10 Å². The second-order valence-corrected chi connectivity index (χ2v) is 3.93. The van der Waals surface area contributed by atoms with Gasteiger partial charge in [-0.2, -0.15) is 18.3 Å². The highest BCUT2D eigenvalue weighted by molar-refractivity contribution is 5.42. The zero-order valence-corrected chi connectivity index (χ0v) is 9.42. The summed E-state index contributed by atoms with van der Waals surface area (Å²) in [5.74, 6) is 0. The monoisotopic (exact) mass is 240 g/mol. The van der Waals surface area contributed by atoms with Gasteiger partial charge in [-0.3, -0.25) is 0 Å². The van der Waals surface area contributed by atoms with Crippen molar-refractivity contribution in [2.45, 2.75) is 20.0 Å². The first kappa shape index (κ1) is 11.7. The average molecular weight is 240 g/mol. The minimum atomic E-state index is -4.40.